The van der Waals surface area contributed by atoms with E-state index in [2.05, 4.69) is 4.72 Å². The van der Waals surface area contributed by atoms with Crippen molar-refractivity contribution in [2.24, 2.45) is 5.73 Å². The molecular weight excluding hydrogens is 212 g/mol. The zero-order chi connectivity index (χ0) is 11.4. The van der Waals surface area contributed by atoms with Crippen molar-refractivity contribution in [2.75, 3.05) is 12.3 Å². The molecule has 0 saturated heterocycles. The van der Waals surface area contributed by atoms with Gasteiger partial charge in [-0.05, 0) is 32.7 Å². The summed E-state index contributed by atoms with van der Waals surface area (Å²) in [6, 6.07) is 0. The van der Waals surface area contributed by atoms with E-state index in [1.165, 1.54) is 6.42 Å². The SMILES string of the molecule is CC1(NS(=O)(=O)CCCN)CCCCC1. The van der Waals surface area contributed by atoms with Gasteiger partial charge < -0.3 is 5.73 Å². The first-order chi connectivity index (χ1) is 6.97. The number of hydrogen-bond donors (Lipinski definition) is 2. The second-order valence-electron chi connectivity index (χ2n) is 4.68. The third-order valence-corrected chi connectivity index (χ3v) is 4.61. The molecule has 3 N–H and O–H groups in total. The topological polar surface area (TPSA) is 72.2 Å². The van der Waals surface area contributed by atoms with Crippen LogP contribution in [-0.4, -0.2) is 26.3 Å². The van der Waals surface area contributed by atoms with Gasteiger partial charge in [0, 0.05) is 5.54 Å². The Kier molecular flexibility index (Phi) is 4.55. The van der Waals surface area contributed by atoms with Crippen LogP contribution in [0.25, 0.3) is 0 Å². The van der Waals surface area contributed by atoms with Crippen LogP contribution in [0.1, 0.15) is 45.4 Å². The van der Waals surface area contributed by atoms with Crippen molar-refractivity contribution in [1.82, 2.24) is 4.72 Å². The Balaban J connectivity index is 2.51. The quantitative estimate of drug-likeness (QED) is 0.744. The van der Waals surface area contributed by atoms with E-state index in [0.29, 0.717) is 13.0 Å². The molecule has 1 saturated carbocycles. The van der Waals surface area contributed by atoms with E-state index < -0.39 is 10.0 Å². The molecule has 0 atom stereocenters. The third kappa shape index (κ3) is 4.49. The average molecular weight is 234 g/mol. The smallest absolute Gasteiger partial charge is 0.212 e. The zero-order valence-corrected chi connectivity index (χ0v) is 10.3. The highest BCUT2D eigenvalue weighted by molar-refractivity contribution is 7.89. The first-order valence-corrected chi connectivity index (χ1v) is 7.34. The lowest BCUT2D eigenvalue weighted by Gasteiger charge is -2.34. The minimum absolute atomic E-state index is 0.152. The Morgan fingerprint density at radius 1 is 1.27 bits per heavy atom. The lowest BCUT2D eigenvalue weighted by atomic mass is 9.84. The predicted octanol–water partition coefficient (Wildman–Crippen LogP) is 0.977. The van der Waals surface area contributed by atoms with E-state index in [0.717, 1.165) is 25.7 Å². The summed E-state index contributed by atoms with van der Waals surface area (Å²) in [7, 11) is -3.13. The van der Waals surface area contributed by atoms with Crippen molar-refractivity contribution in [3.05, 3.63) is 0 Å². The number of hydrogen-bond acceptors (Lipinski definition) is 3. The predicted molar refractivity (Wildman–Crippen MR) is 62.1 cm³/mol. The van der Waals surface area contributed by atoms with Crippen LogP contribution in [0.4, 0.5) is 0 Å². The normalized spacial score (nSPS) is 21.5. The van der Waals surface area contributed by atoms with Gasteiger partial charge in [-0.15, -0.1) is 0 Å². The fourth-order valence-electron chi connectivity index (χ4n) is 2.13. The maximum absolute atomic E-state index is 11.7. The first-order valence-electron chi connectivity index (χ1n) is 5.69. The molecule has 5 heteroatoms. The van der Waals surface area contributed by atoms with E-state index in [4.69, 9.17) is 5.73 Å². The van der Waals surface area contributed by atoms with Gasteiger partial charge in [0.1, 0.15) is 0 Å². The van der Waals surface area contributed by atoms with Crippen LogP contribution in [0.3, 0.4) is 0 Å². The number of nitrogens with one attached hydrogen (secondary N) is 1. The molecule has 0 unspecified atom stereocenters. The maximum Gasteiger partial charge on any atom is 0.212 e. The molecule has 0 amide bonds. The number of nitrogens with two attached hydrogens (primary N) is 1. The number of rotatable bonds is 5. The molecule has 0 radical (unpaired) electrons. The lowest BCUT2D eigenvalue weighted by molar-refractivity contribution is 0.294. The molecule has 0 bridgehead atoms. The van der Waals surface area contributed by atoms with Gasteiger partial charge in [-0.1, -0.05) is 19.3 Å². The third-order valence-electron chi connectivity index (χ3n) is 2.98. The van der Waals surface area contributed by atoms with Crippen molar-refractivity contribution in [1.29, 1.82) is 0 Å². The molecule has 1 fully saturated rings. The molecule has 4 nitrogen and oxygen atoms in total. The van der Waals surface area contributed by atoms with Crippen molar-refractivity contribution in [2.45, 2.75) is 51.0 Å². The summed E-state index contributed by atoms with van der Waals surface area (Å²) in [6.45, 7) is 2.43. The Morgan fingerprint density at radius 3 is 2.40 bits per heavy atom. The summed E-state index contributed by atoms with van der Waals surface area (Å²) < 4.78 is 26.2. The summed E-state index contributed by atoms with van der Waals surface area (Å²) in [5.74, 6) is 0.152. The summed E-state index contributed by atoms with van der Waals surface area (Å²) in [6.07, 6.45) is 5.90. The van der Waals surface area contributed by atoms with Crippen LogP contribution in [-0.2, 0) is 10.0 Å². The van der Waals surface area contributed by atoms with E-state index in [1.54, 1.807) is 0 Å². The van der Waals surface area contributed by atoms with Gasteiger partial charge in [0.05, 0.1) is 5.75 Å². The van der Waals surface area contributed by atoms with Gasteiger partial charge in [-0.2, -0.15) is 0 Å². The second-order valence-corrected chi connectivity index (χ2v) is 6.53. The van der Waals surface area contributed by atoms with Crippen LogP contribution >= 0.6 is 0 Å². The van der Waals surface area contributed by atoms with Crippen LogP contribution in [0, 0.1) is 0 Å². The Hall–Kier alpha value is -0.130. The van der Waals surface area contributed by atoms with Crippen LogP contribution in [0.15, 0.2) is 0 Å². The second kappa shape index (κ2) is 5.27. The molecule has 0 heterocycles. The largest absolute Gasteiger partial charge is 0.330 e. The molecule has 0 aromatic carbocycles. The average Bonchev–Trinajstić information content (AvgIpc) is 2.14. The summed E-state index contributed by atoms with van der Waals surface area (Å²) in [5.41, 5.74) is 5.09. The maximum atomic E-state index is 11.7. The molecule has 15 heavy (non-hydrogen) atoms. The summed E-state index contributed by atoms with van der Waals surface area (Å²) >= 11 is 0. The Labute approximate surface area is 92.7 Å². The van der Waals surface area contributed by atoms with Crippen molar-refractivity contribution >= 4 is 10.0 Å². The van der Waals surface area contributed by atoms with Gasteiger partial charge in [0.2, 0.25) is 10.0 Å². The summed E-state index contributed by atoms with van der Waals surface area (Å²) in [4.78, 5) is 0. The minimum Gasteiger partial charge on any atom is -0.330 e. The van der Waals surface area contributed by atoms with Crippen molar-refractivity contribution in [3.8, 4) is 0 Å². The zero-order valence-electron chi connectivity index (χ0n) is 9.46. The molecule has 0 spiro atoms. The molecule has 0 aromatic heterocycles. The van der Waals surface area contributed by atoms with Crippen LogP contribution in [0.5, 0.6) is 0 Å². The summed E-state index contributed by atoms with van der Waals surface area (Å²) in [5, 5.41) is 0. The fraction of sp³-hybridized carbons (Fsp3) is 1.00. The van der Waals surface area contributed by atoms with Gasteiger partial charge in [-0.25, -0.2) is 13.1 Å². The molecule has 0 aromatic rings. The van der Waals surface area contributed by atoms with Crippen molar-refractivity contribution in [3.63, 3.8) is 0 Å². The standard InChI is InChI=1S/C10H22N2O2S/c1-10(6-3-2-4-7-10)12-15(13,14)9-5-8-11/h12H,2-9,11H2,1H3. The van der Waals surface area contributed by atoms with Crippen LogP contribution in [0.2, 0.25) is 0 Å². The van der Waals surface area contributed by atoms with Gasteiger partial charge in [-0.3, -0.25) is 0 Å². The van der Waals surface area contributed by atoms with Gasteiger partial charge >= 0.3 is 0 Å². The van der Waals surface area contributed by atoms with Crippen molar-refractivity contribution < 1.29 is 8.42 Å². The monoisotopic (exact) mass is 234 g/mol. The number of sulfonamides is 1. The molecule has 90 valence electrons. The fourth-order valence-corrected chi connectivity index (χ4v) is 3.74. The molecule has 1 aliphatic rings. The minimum atomic E-state index is -3.13. The molecule has 1 aliphatic carbocycles. The first kappa shape index (κ1) is 12.9. The van der Waals surface area contributed by atoms with E-state index in [-0.39, 0.29) is 11.3 Å². The van der Waals surface area contributed by atoms with E-state index in [9.17, 15) is 8.42 Å². The molecule has 1 rings (SSSR count). The van der Waals surface area contributed by atoms with Gasteiger partial charge in [0.15, 0.2) is 0 Å². The molecular formula is C10H22N2O2S. The Morgan fingerprint density at radius 2 is 1.87 bits per heavy atom. The lowest BCUT2D eigenvalue weighted by Crippen LogP contribution is -2.48. The Bertz CT molecular complexity index is 282. The highest BCUT2D eigenvalue weighted by atomic mass is 32.2. The highest BCUT2D eigenvalue weighted by Crippen LogP contribution is 2.28. The van der Waals surface area contributed by atoms with E-state index >= 15 is 0 Å². The van der Waals surface area contributed by atoms with E-state index in [1.807, 2.05) is 6.92 Å². The highest BCUT2D eigenvalue weighted by Gasteiger charge is 2.30. The molecule has 0 aliphatic heterocycles. The van der Waals surface area contributed by atoms with Crippen LogP contribution < -0.4 is 10.5 Å². The van der Waals surface area contributed by atoms with Gasteiger partial charge in [0.25, 0.3) is 0 Å².